The molecule has 0 unspecified atom stereocenters. The van der Waals surface area contributed by atoms with Crippen molar-refractivity contribution in [2.75, 3.05) is 24.7 Å². The lowest BCUT2D eigenvalue weighted by Crippen LogP contribution is -2.21. The highest BCUT2D eigenvalue weighted by atomic mass is 16.6. The van der Waals surface area contributed by atoms with Gasteiger partial charge in [0, 0.05) is 19.8 Å². The third kappa shape index (κ3) is 4.94. The summed E-state index contributed by atoms with van der Waals surface area (Å²) in [6, 6.07) is 8.08. The molecule has 2 aromatic heterocycles. The van der Waals surface area contributed by atoms with E-state index >= 15 is 0 Å². The van der Waals surface area contributed by atoms with Gasteiger partial charge in [0.25, 0.3) is 5.91 Å². The predicted molar refractivity (Wildman–Crippen MR) is 118 cm³/mol. The normalized spacial score (nSPS) is 12.0. The zero-order valence-corrected chi connectivity index (χ0v) is 18.1. The first-order valence-corrected chi connectivity index (χ1v) is 9.62. The number of hydrogen-bond donors (Lipinski definition) is 2. The summed E-state index contributed by atoms with van der Waals surface area (Å²) in [4.78, 5) is 14.7. The number of carbonyl (C=O) groups excluding carboxylic acids is 1. The molecule has 162 valence electrons. The maximum atomic E-state index is 12.7. The van der Waals surface area contributed by atoms with Crippen LogP contribution in [0.2, 0.25) is 0 Å². The van der Waals surface area contributed by atoms with Gasteiger partial charge in [-0.2, -0.15) is 9.78 Å². The van der Waals surface area contributed by atoms with Crippen molar-refractivity contribution in [3.05, 3.63) is 47.3 Å². The fourth-order valence-corrected chi connectivity index (χ4v) is 2.79. The van der Waals surface area contributed by atoms with Crippen LogP contribution in [0.3, 0.4) is 0 Å². The van der Waals surface area contributed by atoms with E-state index in [1.165, 1.54) is 4.68 Å². The van der Waals surface area contributed by atoms with E-state index < -0.39 is 5.91 Å². The number of nitrogen functional groups attached to an aromatic ring is 1. The summed E-state index contributed by atoms with van der Waals surface area (Å²) >= 11 is 0. The minimum absolute atomic E-state index is 0.0522. The van der Waals surface area contributed by atoms with Gasteiger partial charge < -0.3 is 10.6 Å². The molecule has 31 heavy (non-hydrogen) atoms. The van der Waals surface area contributed by atoms with E-state index in [1.807, 2.05) is 69.3 Å². The number of nitrogens with two attached hydrogens (primary N) is 1. The Hall–Kier alpha value is -4.02. The number of aromatic nitrogens is 5. The molecule has 0 atom stereocenters. The fourth-order valence-electron chi connectivity index (χ4n) is 2.79. The molecule has 0 bridgehead atoms. The summed E-state index contributed by atoms with van der Waals surface area (Å²) in [7, 11) is 3.98. The van der Waals surface area contributed by atoms with Crippen LogP contribution in [-0.2, 0) is 0 Å². The van der Waals surface area contributed by atoms with Crippen molar-refractivity contribution < 1.29 is 9.42 Å². The highest BCUT2D eigenvalue weighted by molar-refractivity contribution is 5.99. The second-order valence-electron chi connectivity index (χ2n) is 7.38. The number of hydrogen-bond acceptors (Lipinski definition) is 9. The van der Waals surface area contributed by atoms with E-state index in [2.05, 4.69) is 35.8 Å². The van der Waals surface area contributed by atoms with Crippen LogP contribution in [0.15, 0.2) is 40.1 Å². The molecular weight excluding hydrogens is 398 g/mol. The van der Waals surface area contributed by atoms with Gasteiger partial charge in [0.1, 0.15) is 0 Å². The standard InChI is InChI=1S/C20H25N9O2/c1-12(2)17-16(23-27-29(17)19-18(21)25-31-26-19)20(30)24-22-13(3)6-7-14-8-10-15(11-9-14)28(4)5/h6-12H,1-5H3,(H2,21,25)(H,24,30). The Morgan fingerprint density at radius 1 is 1.26 bits per heavy atom. The number of nitrogens with one attached hydrogen (secondary N) is 1. The first-order valence-electron chi connectivity index (χ1n) is 9.62. The molecule has 0 aliphatic carbocycles. The highest BCUT2D eigenvalue weighted by Gasteiger charge is 2.25. The van der Waals surface area contributed by atoms with Crippen molar-refractivity contribution >= 4 is 29.2 Å². The van der Waals surface area contributed by atoms with Gasteiger partial charge in [-0.1, -0.05) is 37.3 Å². The average Bonchev–Trinajstić information content (AvgIpc) is 3.36. The van der Waals surface area contributed by atoms with E-state index in [9.17, 15) is 4.79 Å². The number of nitrogens with zero attached hydrogens (tertiary/aromatic N) is 7. The first kappa shape index (κ1) is 21.7. The summed E-state index contributed by atoms with van der Waals surface area (Å²) in [6.45, 7) is 5.58. The van der Waals surface area contributed by atoms with Gasteiger partial charge >= 0.3 is 0 Å². The quantitative estimate of drug-likeness (QED) is 0.435. The maximum absolute atomic E-state index is 12.7. The Morgan fingerprint density at radius 3 is 2.55 bits per heavy atom. The molecule has 11 heteroatoms. The summed E-state index contributed by atoms with van der Waals surface area (Å²) in [5.41, 5.74) is 11.7. The number of amides is 1. The smallest absolute Gasteiger partial charge is 0.293 e. The Balaban J connectivity index is 1.73. The zero-order valence-electron chi connectivity index (χ0n) is 18.1. The van der Waals surface area contributed by atoms with Crippen molar-refractivity contribution in [3.8, 4) is 5.82 Å². The molecule has 3 N–H and O–H groups in total. The van der Waals surface area contributed by atoms with Crippen LogP contribution < -0.4 is 16.1 Å². The van der Waals surface area contributed by atoms with E-state index in [4.69, 9.17) is 5.73 Å². The van der Waals surface area contributed by atoms with Crippen LogP contribution in [0.1, 0.15) is 48.4 Å². The summed E-state index contributed by atoms with van der Waals surface area (Å²) in [5, 5.41) is 19.3. The molecule has 0 fully saturated rings. The number of allylic oxidation sites excluding steroid dienone is 1. The minimum atomic E-state index is -0.493. The van der Waals surface area contributed by atoms with Gasteiger partial charge in [-0.05, 0) is 46.9 Å². The second kappa shape index (κ2) is 9.20. The lowest BCUT2D eigenvalue weighted by atomic mass is 10.1. The van der Waals surface area contributed by atoms with Crippen LogP contribution >= 0.6 is 0 Å². The number of benzene rings is 1. The lowest BCUT2D eigenvalue weighted by molar-refractivity contribution is 0.0948. The molecule has 3 rings (SSSR count). The van der Waals surface area contributed by atoms with Crippen LogP contribution in [0.5, 0.6) is 0 Å². The van der Waals surface area contributed by atoms with Crippen molar-refractivity contribution in [3.63, 3.8) is 0 Å². The predicted octanol–water partition coefficient (Wildman–Crippen LogP) is 2.24. The average molecular weight is 423 g/mol. The number of carbonyl (C=O) groups is 1. The molecule has 0 saturated heterocycles. The Morgan fingerprint density at radius 2 is 1.97 bits per heavy atom. The third-order valence-corrected chi connectivity index (χ3v) is 4.42. The minimum Gasteiger partial charge on any atom is -0.378 e. The van der Waals surface area contributed by atoms with E-state index in [1.54, 1.807) is 6.92 Å². The number of anilines is 2. The molecule has 3 aromatic rings. The maximum Gasteiger partial charge on any atom is 0.293 e. The van der Waals surface area contributed by atoms with Gasteiger partial charge in [0.15, 0.2) is 5.69 Å². The Bertz CT molecular complexity index is 1110. The van der Waals surface area contributed by atoms with E-state index in [-0.39, 0.29) is 23.2 Å². The topological polar surface area (TPSA) is 140 Å². The molecule has 2 heterocycles. The molecule has 1 amide bonds. The molecule has 0 aliphatic rings. The molecule has 1 aromatic carbocycles. The fraction of sp³-hybridized carbons (Fsp3) is 0.300. The number of hydrazone groups is 1. The summed E-state index contributed by atoms with van der Waals surface area (Å²) < 4.78 is 5.97. The SMILES string of the molecule is CC(C=Cc1ccc(N(C)C)cc1)=NNC(=O)c1nnn(-c2nonc2N)c1C(C)C. The Labute approximate surface area is 179 Å². The molecule has 0 aliphatic heterocycles. The highest BCUT2D eigenvalue weighted by Crippen LogP contribution is 2.22. The van der Waals surface area contributed by atoms with Gasteiger partial charge in [0.05, 0.1) is 11.4 Å². The monoisotopic (exact) mass is 423 g/mol. The van der Waals surface area contributed by atoms with Crippen molar-refractivity contribution in [2.45, 2.75) is 26.7 Å². The van der Waals surface area contributed by atoms with E-state index in [0.29, 0.717) is 11.4 Å². The first-order chi connectivity index (χ1) is 14.8. The zero-order chi connectivity index (χ0) is 22.5. The van der Waals surface area contributed by atoms with Gasteiger partial charge in [-0.25, -0.2) is 10.1 Å². The van der Waals surface area contributed by atoms with Gasteiger partial charge in [-0.3, -0.25) is 4.79 Å². The van der Waals surface area contributed by atoms with Gasteiger partial charge in [-0.15, -0.1) is 5.10 Å². The van der Waals surface area contributed by atoms with E-state index in [0.717, 1.165) is 11.3 Å². The lowest BCUT2D eigenvalue weighted by Gasteiger charge is -2.11. The summed E-state index contributed by atoms with van der Waals surface area (Å²) in [5.74, 6) is -0.357. The van der Waals surface area contributed by atoms with Crippen LogP contribution in [-0.4, -0.2) is 51.0 Å². The molecule has 0 radical (unpaired) electrons. The molecular formula is C20H25N9O2. The largest absolute Gasteiger partial charge is 0.378 e. The van der Waals surface area contributed by atoms with Crippen LogP contribution in [0.25, 0.3) is 11.9 Å². The third-order valence-electron chi connectivity index (χ3n) is 4.42. The van der Waals surface area contributed by atoms with Crippen molar-refractivity contribution in [1.82, 2.24) is 30.7 Å². The van der Waals surface area contributed by atoms with Crippen molar-refractivity contribution in [2.24, 2.45) is 5.10 Å². The Kier molecular flexibility index (Phi) is 6.43. The van der Waals surface area contributed by atoms with Crippen LogP contribution in [0.4, 0.5) is 11.5 Å². The second-order valence-corrected chi connectivity index (χ2v) is 7.38. The molecule has 0 saturated carbocycles. The molecule has 0 spiro atoms. The van der Waals surface area contributed by atoms with Gasteiger partial charge in [0.2, 0.25) is 11.6 Å². The summed E-state index contributed by atoms with van der Waals surface area (Å²) in [6.07, 6.45) is 3.73. The molecule has 11 nitrogen and oxygen atoms in total. The van der Waals surface area contributed by atoms with Crippen molar-refractivity contribution in [1.29, 1.82) is 0 Å². The number of rotatable bonds is 7. The van der Waals surface area contributed by atoms with Crippen LogP contribution in [0, 0.1) is 0 Å².